The van der Waals surface area contributed by atoms with Crippen LogP contribution in [0.25, 0.3) is 109 Å². The minimum Gasteiger partial charge on any atom is -0.340 e. The van der Waals surface area contributed by atoms with Crippen LogP contribution < -0.4 is 26.6 Å². The van der Waals surface area contributed by atoms with Crippen LogP contribution in [0.3, 0.4) is 0 Å². The Kier molecular flexibility index (Phi) is 20.7. The van der Waals surface area contributed by atoms with E-state index in [1.165, 1.54) is 42.3 Å². The van der Waals surface area contributed by atoms with Crippen molar-refractivity contribution in [3.63, 3.8) is 0 Å². The average molecular weight is 1520 g/mol. The molecule has 5 aromatic carbocycles. The van der Waals surface area contributed by atoms with Gasteiger partial charge in [-0.3, -0.25) is 65.4 Å². The number of aromatic nitrogens is 21. The number of pyridine rings is 9. The number of halogens is 3. The summed E-state index contributed by atoms with van der Waals surface area (Å²) in [7, 11) is 0. The number of H-pyrrole nitrogens is 5. The smallest absolute Gasteiger partial charge is 0.201 e. The first-order chi connectivity index (χ1) is 55.6. The molecule has 10 N–H and O–H groups in total. The number of benzene rings is 5. The Morgan fingerprint density at radius 2 is 0.693 bits per heavy atom. The van der Waals surface area contributed by atoms with Crippen LogP contribution in [0.2, 0.25) is 0 Å². The lowest BCUT2D eigenvalue weighted by Gasteiger charge is -2.09. The molecule has 3 atom stereocenters. The number of aromatic amines is 5. The molecule has 0 saturated carbocycles. The lowest BCUT2D eigenvalue weighted by Crippen LogP contribution is -1.95. The molecule has 3 unspecified atom stereocenters. The standard InChI is InChI=1S/C18H17N5.2C17H14FN5.C17H15N5.C16H13FN6/c1-3-15-14-7-6-13(10-12(14)9-11(2)20-15)21-18-17-16(22-23-18)5-4-8-19-17;1-10(18)15-13-5-4-12(9-11(13)6-8-20-15)21-17-16-14(22-23-17)3-2-7-19-16;1-10(18)15-13-5-4-12(9-11(13)6-8-19-15)21-17-14-3-2-7-20-16(14)22-23-17;1-10-8-12-9-13(5-6-14(12)11(2)19-10)20-17-16-15(21-22-17)4-3-7-18-16;1-9(17)13-12-3-2-11(8-10(12)4-5-18-13)21-16-14-15(22-23-16)20-7-6-19-14/h4-10H,3H2,1-2H3,(H2,21,22,23);2-10H,1H3,(H2,21,22,23);2-10H,1H3,(H2,20,21,22,23);3-9H,1-2H3,(H2,20,21,22);2-9H,1H3,(H2,20,21,22,23). The van der Waals surface area contributed by atoms with Crippen LogP contribution in [0.15, 0.2) is 226 Å². The van der Waals surface area contributed by atoms with E-state index in [0.717, 1.165) is 146 Å². The van der Waals surface area contributed by atoms with Gasteiger partial charge in [0.2, 0.25) is 5.65 Å². The number of alkyl halides is 3. The van der Waals surface area contributed by atoms with Crippen molar-refractivity contribution < 1.29 is 13.2 Å². The van der Waals surface area contributed by atoms with Gasteiger partial charge in [-0.05, 0) is 214 Å². The summed E-state index contributed by atoms with van der Waals surface area (Å²) in [5.74, 6) is 3.58. The molecule has 0 amide bonds. The summed E-state index contributed by atoms with van der Waals surface area (Å²) in [6.07, 6.45) is 12.7. The minimum absolute atomic E-state index is 0.451. The number of hydrogen-bond acceptors (Lipinski definition) is 21. The highest BCUT2D eigenvalue weighted by Crippen LogP contribution is 2.35. The lowest BCUT2D eigenvalue weighted by atomic mass is 10.1. The number of rotatable bonds is 14. The molecule has 26 nitrogen and oxygen atoms in total. The highest BCUT2D eigenvalue weighted by atomic mass is 19.1. The van der Waals surface area contributed by atoms with Crippen LogP contribution in [0.1, 0.15) is 86.1 Å². The van der Waals surface area contributed by atoms with Crippen LogP contribution in [0.5, 0.6) is 0 Å². The molecule has 20 rings (SSSR count). The third-order valence-corrected chi connectivity index (χ3v) is 18.8. The molecule has 15 aromatic heterocycles. The number of aryl methyl sites for hydroxylation is 4. The monoisotopic (exact) mass is 1510 g/mol. The molecule has 0 spiro atoms. The predicted molar refractivity (Wildman–Crippen MR) is 445 cm³/mol. The molecule has 0 aliphatic rings. The van der Waals surface area contributed by atoms with Crippen molar-refractivity contribution in [1.82, 2.24) is 106 Å². The zero-order chi connectivity index (χ0) is 78.3. The molecule has 0 saturated heterocycles. The quantitative estimate of drug-likeness (QED) is 0.0483. The van der Waals surface area contributed by atoms with Crippen molar-refractivity contribution >= 4 is 167 Å². The summed E-state index contributed by atoms with van der Waals surface area (Å²) in [6, 6.07) is 54.8. The first kappa shape index (κ1) is 73.1. The Morgan fingerprint density at radius 1 is 0.316 bits per heavy atom. The molecule has 564 valence electrons. The van der Waals surface area contributed by atoms with E-state index in [2.05, 4.69) is 182 Å². The maximum Gasteiger partial charge on any atom is 0.201 e. The Labute approximate surface area is 647 Å². The number of anilines is 10. The van der Waals surface area contributed by atoms with Crippen molar-refractivity contribution in [2.24, 2.45) is 0 Å². The van der Waals surface area contributed by atoms with E-state index in [1.807, 2.05) is 148 Å². The fourth-order valence-electron chi connectivity index (χ4n) is 13.6. The average Bonchev–Trinajstić information content (AvgIpc) is 1.67. The van der Waals surface area contributed by atoms with E-state index >= 15 is 0 Å². The van der Waals surface area contributed by atoms with E-state index in [-0.39, 0.29) is 0 Å². The summed E-state index contributed by atoms with van der Waals surface area (Å²) in [4.78, 5) is 47.1. The normalized spacial score (nSPS) is 12.1. The third-order valence-electron chi connectivity index (χ3n) is 18.8. The maximum absolute atomic E-state index is 13.6. The largest absolute Gasteiger partial charge is 0.340 e. The van der Waals surface area contributed by atoms with Crippen molar-refractivity contribution in [3.8, 4) is 0 Å². The van der Waals surface area contributed by atoms with E-state index in [9.17, 15) is 13.2 Å². The molecule has 20 aromatic rings. The van der Waals surface area contributed by atoms with Gasteiger partial charge in [0.05, 0.1) is 39.0 Å². The second-order valence-electron chi connectivity index (χ2n) is 26.9. The van der Waals surface area contributed by atoms with Crippen LogP contribution in [0.4, 0.5) is 70.7 Å². The van der Waals surface area contributed by atoms with Gasteiger partial charge in [0.15, 0.2) is 34.4 Å². The Balaban J connectivity index is 0.000000107. The van der Waals surface area contributed by atoms with Gasteiger partial charge in [0.1, 0.15) is 40.9 Å². The summed E-state index contributed by atoms with van der Waals surface area (Å²) < 4.78 is 40.9. The Hall–Kier alpha value is -15.0. The van der Waals surface area contributed by atoms with Crippen LogP contribution >= 0.6 is 0 Å². The number of hydrogen-bond donors (Lipinski definition) is 10. The van der Waals surface area contributed by atoms with Crippen LogP contribution in [-0.4, -0.2) is 106 Å². The first-order valence-corrected chi connectivity index (χ1v) is 36.6. The number of nitrogens with zero attached hydrogens (tertiary/aromatic N) is 16. The zero-order valence-corrected chi connectivity index (χ0v) is 62.6. The van der Waals surface area contributed by atoms with Crippen LogP contribution in [-0.2, 0) is 6.42 Å². The zero-order valence-electron chi connectivity index (χ0n) is 62.6. The highest BCUT2D eigenvalue weighted by molar-refractivity contribution is 5.97. The molecule has 0 aliphatic heterocycles. The van der Waals surface area contributed by atoms with E-state index in [1.54, 1.807) is 55.8 Å². The van der Waals surface area contributed by atoms with Gasteiger partial charge in [0.25, 0.3) is 0 Å². The minimum atomic E-state index is -1.11. The summed E-state index contributed by atoms with van der Waals surface area (Å²) in [5, 5.41) is 63.2. The molecule has 0 fully saturated rings. The van der Waals surface area contributed by atoms with Gasteiger partial charge in [-0.25, -0.2) is 28.1 Å². The molecule has 0 radical (unpaired) electrons. The molecule has 114 heavy (non-hydrogen) atoms. The Morgan fingerprint density at radius 3 is 1.18 bits per heavy atom. The summed E-state index contributed by atoms with van der Waals surface area (Å²) >= 11 is 0. The topological polar surface area (TPSA) is 345 Å². The molecule has 29 heteroatoms. The first-order valence-electron chi connectivity index (χ1n) is 36.6. The van der Waals surface area contributed by atoms with Gasteiger partial charge in [-0.15, -0.1) is 0 Å². The summed E-state index contributed by atoms with van der Waals surface area (Å²) in [5.41, 5.74) is 17.2. The SMILES string of the molecule is CC(F)c1nccc2cc(Nc3[nH]nc4ncccc34)ccc12.CC(F)c1nccc2cc(Nc3[nH]nc4nccnc34)ccc12.CC(F)c1nccc2cc(Nc3n[nH]c4cccnc34)ccc12.CCc1nc(C)cc2cc(Nc3n[nH]c4cccnc34)ccc12.Cc1cc2cc(Nc3n[nH]c4cccnc34)ccc2c(C)n1. The van der Waals surface area contributed by atoms with Gasteiger partial charge < -0.3 is 26.6 Å². The Bertz CT molecular complexity index is 6480. The van der Waals surface area contributed by atoms with Gasteiger partial charge in [-0.2, -0.15) is 25.5 Å². The lowest BCUT2D eigenvalue weighted by molar-refractivity contribution is 0.368. The fraction of sp³-hybridized carbons (Fsp3) is 0.129. The molecule has 0 aliphatic carbocycles. The van der Waals surface area contributed by atoms with Gasteiger partial charge in [0, 0.05) is 134 Å². The van der Waals surface area contributed by atoms with E-state index in [0.29, 0.717) is 45.5 Å². The molecule has 0 bridgehead atoms. The van der Waals surface area contributed by atoms with Gasteiger partial charge in [-0.1, -0.05) is 37.3 Å². The van der Waals surface area contributed by atoms with Crippen molar-refractivity contribution in [2.75, 3.05) is 26.6 Å². The fourth-order valence-corrected chi connectivity index (χ4v) is 13.6. The second-order valence-corrected chi connectivity index (χ2v) is 26.9. The van der Waals surface area contributed by atoms with E-state index < -0.39 is 18.5 Å². The number of nitrogens with one attached hydrogen (secondary N) is 10. The summed E-state index contributed by atoms with van der Waals surface area (Å²) in [6.45, 7) is 12.7. The van der Waals surface area contributed by atoms with E-state index in [4.69, 9.17) is 0 Å². The predicted octanol–water partition coefficient (Wildman–Crippen LogP) is 20.2. The molecular formula is C85H73F3N26. The van der Waals surface area contributed by atoms with Crippen molar-refractivity contribution in [2.45, 2.75) is 73.4 Å². The van der Waals surface area contributed by atoms with Gasteiger partial charge >= 0.3 is 0 Å². The van der Waals surface area contributed by atoms with Crippen molar-refractivity contribution in [3.05, 3.63) is 265 Å². The van der Waals surface area contributed by atoms with Crippen LogP contribution in [0, 0.1) is 20.8 Å². The molecular weight excluding hydrogens is 1440 g/mol. The number of fused-ring (bicyclic) bond motifs is 10. The third kappa shape index (κ3) is 15.8. The second kappa shape index (κ2) is 32.3. The molecule has 15 heterocycles. The maximum atomic E-state index is 13.6. The van der Waals surface area contributed by atoms with Crippen molar-refractivity contribution in [1.29, 1.82) is 0 Å². The highest BCUT2D eigenvalue weighted by Gasteiger charge is 2.18.